The molecular formula is C17H24N2. The molecule has 1 aromatic carbocycles. The molecule has 0 aliphatic carbocycles. The maximum Gasteiger partial charge on any atom is 0.0657 e. The lowest BCUT2D eigenvalue weighted by Gasteiger charge is -2.45. The molecule has 1 saturated heterocycles. The molecule has 0 N–H and O–H groups in total. The number of benzene rings is 1. The van der Waals surface area contributed by atoms with Crippen molar-refractivity contribution in [2.75, 3.05) is 11.4 Å². The van der Waals surface area contributed by atoms with E-state index in [1.165, 1.54) is 11.3 Å². The van der Waals surface area contributed by atoms with Crippen LogP contribution in [0.4, 0.5) is 5.69 Å². The zero-order valence-corrected chi connectivity index (χ0v) is 12.5. The van der Waals surface area contributed by atoms with E-state index >= 15 is 0 Å². The first-order valence-electron chi connectivity index (χ1n) is 7.21. The summed E-state index contributed by atoms with van der Waals surface area (Å²) in [7, 11) is 0. The highest BCUT2D eigenvalue weighted by Crippen LogP contribution is 2.35. The normalized spacial score (nSPS) is 22.3. The molecular weight excluding hydrogens is 232 g/mol. The first kappa shape index (κ1) is 13.9. The molecule has 1 fully saturated rings. The second-order valence-corrected chi connectivity index (χ2v) is 6.53. The van der Waals surface area contributed by atoms with Gasteiger partial charge in [0.05, 0.1) is 12.0 Å². The molecule has 1 aliphatic heterocycles. The van der Waals surface area contributed by atoms with Gasteiger partial charge in [-0.25, -0.2) is 0 Å². The fourth-order valence-electron chi connectivity index (χ4n) is 3.03. The molecule has 2 nitrogen and oxygen atoms in total. The van der Waals surface area contributed by atoms with Gasteiger partial charge in [0.15, 0.2) is 0 Å². The molecule has 0 saturated carbocycles. The third-order valence-corrected chi connectivity index (χ3v) is 4.23. The van der Waals surface area contributed by atoms with Gasteiger partial charge in [0.1, 0.15) is 0 Å². The average Bonchev–Trinajstić information content (AvgIpc) is 2.37. The molecule has 0 bridgehead atoms. The number of anilines is 1. The third-order valence-electron chi connectivity index (χ3n) is 4.23. The Labute approximate surface area is 117 Å². The molecule has 1 heterocycles. The summed E-state index contributed by atoms with van der Waals surface area (Å²) in [4.78, 5) is 2.45. The van der Waals surface area contributed by atoms with Crippen LogP contribution in [0.5, 0.6) is 0 Å². The molecule has 2 heteroatoms. The molecule has 1 aliphatic rings. The van der Waals surface area contributed by atoms with Crippen LogP contribution < -0.4 is 4.90 Å². The number of hydrogen-bond donors (Lipinski definition) is 0. The Morgan fingerprint density at radius 2 is 1.89 bits per heavy atom. The molecule has 102 valence electrons. The minimum absolute atomic E-state index is 0.0675. The number of nitriles is 1. The Hall–Kier alpha value is -1.49. The van der Waals surface area contributed by atoms with Crippen molar-refractivity contribution in [3.8, 4) is 6.07 Å². The Morgan fingerprint density at radius 3 is 2.37 bits per heavy atom. The van der Waals surface area contributed by atoms with Crippen LogP contribution in [0.2, 0.25) is 0 Å². The van der Waals surface area contributed by atoms with Crippen LogP contribution in [-0.2, 0) is 0 Å². The molecule has 1 atom stereocenters. The highest BCUT2D eigenvalue weighted by atomic mass is 15.2. The average molecular weight is 256 g/mol. The van der Waals surface area contributed by atoms with Gasteiger partial charge in [0.2, 0.25) is 0 Å². The van der Waals surface area contributed by atoms with E-state index in [1.54, 1.807) is 0 Å². The summed E-state index contributed by atoms with van der Waals surface area (Å²) >= 11 is 0. The van der Waals surface area contributed by atoms with Crippen molar-refractivity contribution in [3.05, 3.63) is 29.8 Å². The monoisotopic (exact) mass is 256 g/mol. The maximum atomic E-state index is 9.11. The molecule has 0 radical (unpaired) electrons. The minimum atomic E-state index is 0.0675. The SMILES string of the molecule is CC(C)c1ccc(N2CCC(C#N)CC2(C)C)cc1. The fourth-order valence-corrected chi connectivity index (χ4v) is 3.03. The summed E-state index contributed by atoms with van der Waals surface area (Å²) in [6, 6.07) is 11.3. The molecule has 1 aromatic rings. The van der Waals surface area contributed by atoms with Crippen molar-refractivity contribution in [1.29, 1.82) is 5.26 Å². The van der Waals surface area contributed by atoms with Gasteiger partial charge in [-0.3, -0.25) is 0 Å². The zero-order valence-electron chi connectivity index (χ0n) is 12.5. The fraction of sp³-hybridized carbons (Fsp3) is 0.588. The van der Waals surface area contributed by atoms with E-state index in [9.17, 15) is 0 Å². The van der Waals surface area contributed by atoms with Crippen molar-refractivity contribution in [2.24, 2.45) is 5.92 Å². The van der Waals surface area contributed by atoms with Gasteiger partial charge in [-0.1, -0.05) is 26.0 Å². The van der Waals surface area contributed by atoms with Crippen LogP contribution >= 0.6 is 0 Å². The number of rotatable bonds is 2. The van der Waals surface area contributed by atoms with Gasteiger partial charge < -0.3 is 4.90 Å². The molecule has 2 rings (SSSR count). The number of hydrogen-bond acceptors (Lipinski definition) is 2. The summed E-state index contributed by atoms with van der Waals surface area (Å²) in [5.74, 6) is 0.785. The number of nitrogens with zero attached hydrogens (tertiary/aromatic N) is 2. The van der Waals surface area contributed by atoms with Gasteiger partial charge in [-0.05, 0) is 50.3 Å². The standard InChI is InChI=1S/C17H24N2/c1-13(2)15-5-7-16(8-6-15)19-10-9-14(12-18)11-17(19,3)4/h5-8,13-14H,9-11H2,1-4H3. The van der Waals surface area contributed by atoms with E-state index in [2.05, 4.69) is 62.9 Å². The Balaban J connectivity index is 2.20. The lowest BCUT2D eigenvalue weighted by atomic mass is 9.83. The predicted octanol–water partition coefficient (Wildman–Crippen LogP) is 4.33. The van der Waals surface area contributed by atoms with E-state index in [-0.39, 0.29) is 11.5 Å². The van der Waals surface area contributed by atoms with E-state index < -0.39 is 0 Å². The van der Waals surface area contributed by atoms with Crippen molar-refractivity contribution in [3.63, 3.8) is 0 Å². The first-order valence-corrected chi connectivity index (χ1v) is 7.21. The van der Waals surface area contributed by atoms with Gasteiger partial charge in [-0.15, -0.1) is 0 Å². The Bertz CT molecular complexity index is 465. The van der Waals surface area contributed by atoms with Crippen molar-refractivity contribution in [2.45, 2.75) is 52.0 Å². The molecule has 1 unspecified atom stereocenters. The van der Waals surface area contributed by atoms with Crippen LogP contribution in [-0.4, -0.2) is 12.1 Å². The van der Waals surface area contributed by atoms with E-state index in [0.717, 1.165) is 19.4 Å². The first-order chi connectivity index (χ1) is 8.94. The van der Waals surface area contributed by atoms with Crippen molar-refractivity contribution < 1.29 is 0 Å². The maximum absolute atomic E-state index is 9.11. The van der Waals surface area contributed by atoms with E-state index in [1.807, 2.05) is 0 Å². The van der Waals surface area contributed by atoms with Gasteiger partial charge in [0, 0.05) is 17.8 Å². The van der Waals surface area contributed by atoms with Gasteiger partial charge in [0.25, 0.3) is 0 Å². The number of piperidine rings is 1. The second kappa shape index (κ2) is 5.25. The summed E-state index contributed by atoms with van der Waals surface area (Å²) in [5.41, 5.74) is 2.73. The lowest BCUT2D eigenvalue weighted by Crippen LogP contribution is -2.50. The van der Waals surface area contributed by atoms with Crippen LogP contribution in [0.3, 0.4) is 0 Å². The predicted molar refractivity (Wildman–Crippen MR) is 80.3 cm³/mol. The molecule has 0 amide bonds. The summed E-state index contributed by atoms with van der Waals surface area (Å²) in [6.45, 7) is 9.90. The molecule has 0 spiro atoms. The smallest absolute Gasteiger partial charge is 0.0657 e. The topological polar surface area (TPSA) is 27.0 Å². The van der Waals surface area contributed by atoms with Crippen LogP contribution in [0.25, 0.3) is 0 Å². The van der Waals surface area contributed by atoms with Crippen LogP contribution in [0, 0.1) is 17.2 Å². The third kappa shape index (κ3) is 2.92. The van der Waals surface area contributed by atoms with E-state index in [4.69, 9.17) is 5.26 Å². The van der Waals surface area contributed by atoms with Gasteiger partial charge >= 0.3 is 0 Å². The van der Waals surface area contributed by atoms with Crippen LogP contribution in [0.1, 0.15) is 52.0 Å². The molecule has 19 heavy (non-hydrogen) atoms. The van der Waals surface area contributed by atoms with Crippen LogP contribution in [0.15, 0.2) is 24.3 Å². The second-order valence-electron chi connectivity index (χ2n) is 6.53. The quantitative estimate of drug-likeness (QED) is 0.787. The van der Waals surface area contributed by atoms with Crippen molar-refractivity contribution in [1.82, 2.24) is 0 Å². The highest BCUT2D eigenvalue weighted by Gasteiger charge is 2.34. The highest BCUT2D eigenvalue weighted by molar-refractivity contribution is 5.51. The Morgan fingerprint density at radius 1 is 1.26 bits per heavy atom. The summed E-state index contributed by atoms with van der Waals surface area (Å²) in [6.07, 6.45) is 1.93. The minimum Gasteiger partial charge on any atom is -0.366 e. The Kier molecular flexibility index (Phi) is 3.85. The summed E-state index contributed by atoms with van der Waals surface area (Å²) < 4.78 is 0. The van der Waals surface area contributed by atoms with E-state index in [0.29, 0.717) is 5.92 Å². The lowest BCUT2D eigenvalue weighted by molar-refractivity contribution is 0.315. The molecule has 0 aromatic heterocycles. The van der Waals surface area contributed by atoms with Gasteiger partial charge in [-0.2, -0.15) is 5.26 Å². The van der Waals surface area contributed by atoms with Crippen molar-refractivity contribution >= 4 is 5.69 Å². The zero-order chi connectivity index (χ0) is 14.0. The summed E-state index contributed by atoms with van der Waals surface area (Å²) in [5, 5.41) is 9.11. The largest absolute Gasteiger partial charge is 0.366 e.